The van der Waals surface area contributed by atoms with Gasteiger partial charge in [-0.15, -0.1) is 10.2 Å². The first-order valence-electron chi connectivity index (χ1n) is 10.6. The van der Waals surface area contributed by atoms with Gasteiger partial charge in [0, 0.05) is 24.9 Å². The molecule has 0 saturated carbocycles. The number of rotatable bonds is 4. The number of nitrogens with zero attached hydrogens (tertiary/aromatic N) is 6. The molecule has 1 aliphatic heterocycles. The van der Waals surface area contributed by atoms with Gasteiger partial charge in [-0.2, -0.15) is 5.10 Å². The summed E-state index contributed by atoms with van der Waals surface area (Å²) in [6.07, 6.45) is 4.11. The SMILES string of the molecule is CC(C)c1cccn2nc([C@H]3c4nc[nH]c4CCN3C(=O)c3nnc(C(C)(C)F)o3)cc12. The van der Waals surface area contributed by atoms with E-state index in [1.54, 1.807) is 11.2 Å². The highest BCUT2D eigenvalue weighted by Gasteiger charge is 2.39. The summed E-state index contributed by atoms with van der Waals surface area (Å²) in [5.74, 6) is -0.646. The minimum absolute atomic E-state index is 0.232. The first kappa shape index (κ1) is 20.3. The number of pyridine rings is 1. The van der Waals surface area contributed by atoms with Crippen molar-refractivity contribution in [1.29, 1.82) is 0 Å². The molecule has 4 aromatic rings. The molecule has 10 heteroatoms. The Kier molecular flexibility index (Phi) is 4.61. The lowest BCUT2D eigenvalue weighted by atomic mass is 9.98. The van der Waals surface area contributed by atoms with Crippen molar-refractivity contribution in [3.63, 3.8) is 0 Å². The third kappa shape index (κ3) is 3.26. The fourth-order valence-corrected chi connectivity index (χ4v) is 4.15. The third-order valence-electron chi connectivity index (χ3n) is 5.76. The molecular weight excluding hydrogens is 413 g/mol. The van der Waals surface area contributed by atoms with Gasteiger partial charge in [-0.3, -0.25) is 4.79 Å². The zero-order valence-electron chi connectivity index (χ0n) is 18.3. The second-order valence-electron chi connectivity index (χ2n) is 8.82. The first-order chi connectivity index (χ1) is 15.2. The largest absolute Gasteiger partial charge is 0.413 e. The van der Waals surface area contributed by atoms with Crippen LogP contribution in [-0.4, -0.2) is 47.1 Å². The van der Waals surface area contributed by atoms with E-state index in [4.69, 9.17) is 9.52 Å². The van der Waals surface area contributed by atoms with Gasteiger partial charge in [0.2, 0.25) is 0 Å². The molecule has 0 saturated heterocycles. The topological polar surface area (TPSA) is 105 Å². The van der Waals surface area contributed by atoms with Crippen molar-refractivity contribution in [1.82, 2.24) is 34.7 Å². The molecule has 1 atom stereocenters. The van der Waals surface area contributed by atoms with Gasteiger partial charge in [0.05, 0.1) is 23.2 Å². The van der Waals surface area contributed by atoms with Crippen LogP contribution in [0.4, 0.5) is 4.39 Å². The van der Waals surface area contributed by atoms with Crippen LogP contribution in [0.1, 0.15) is 78.9 Å². The molecule has 0 fully saturated rings. The van der Waals surface area contributed by atoms with Gasteiger partial charge in [0.25, 0.3) is 5.89 Å². The maximum Gasteiger partial charge on any atom is 0.312 e. The van der Waals surface area contributed by atoms with Gasteiger partial charge in [-0.1, -0.05) is 19.9 Å². The Morgan fingerprint density at radius 3 is 2.88 bits per heavy atom. The average Bonchev–Trinajstić information content (AvgIpc) is 3.50. The monoisotopic (exact) mass is 437 g/mol. The third-order valence-corrected chi connectivity index (χ3v) is 5.76. The number of halogens is 1. The smallest absolute Gasteiger partial charge is 0.312 e. The molecule has 1 amide bonds. The molecule has 1 aliphatic rings. The molecule has 5 rings (SSSR count). The quantitative estimate of drug-likeness (QED) is 0.523. The minimum atomic E-state index is -1.84. The van der Waals surface area contributed by atoms with Crippen LogP contribution in [0, 0.1) is 0 Å². The molecule has 0 unspecified atom stereocenters. The lowest BCUT2D eigenvalue weighted by Gasteiger charge is -2.32. The summed E-state index contributed by atoms with van der Waals surface area (Å²) in [5, 5.41) is 12.3. The summed E-state index contributed by atoms with van der Waals surface area (Å²) < 4.78 is 21.4. The maximum absolute atomic E-state index is 14.2. The molecule has 0 aliphatic carbocycles. The van der Waals surface area contributed by atoms with Crippen LogP contribution in [-0.2, 0) is 12.1 Å². The Bertz CT molecular complexity index is 1300. The van der Waals surface area contributed by atoms with Crippen LogP contribution in [0.25, 0.3) is 5.52 Å². The first-order valence-corrected chi connectivity index (χ1v) is 10.6. The van der Waals surface area contributed by atoms with Crippen molar-refractivity contribution in [3.05, 3.63) is 65.1 Å². The van der Waals surface area contributed by atoms with Crippen molar-refractivity contribution in [2.45, 2.75) is 51.7 Å². The van der Waals surface area contributed by atoms with E-state index in [2.05, 4.69) is 40.1 Å². The molecule has 0 radical (unpaired) electrons. The van der Waals surface area contributed by atoms with E-state index in [0.717, 1.165) is 22.5 Å². The number of fused-ring (bicyclic) bond motifs is 2. The lowest BCUT2D eigenvalue weighted by molar-refractivity contribution is 0.0636. The number of amides is 1. The van der Waals surface area contributed by atoms with E-state index in [1.807, 2.05) is 22.8 Å². The number of aromatic nitrogens is 6. The Balaban J connectivity index is 1.60. The number of imidazole rings is 1. The summed E-state index contributed by atoms with van der Waals surface area (Å²) in [6.45, 7) is 7.27. The summed E-state index contributed by atoms with van der Waals surface area (Å²) in [4.78, 5) is 22.6. The van der Waals surface area contributed by atoms with E-state index in [-0.39, 0.29) is 11.8 Å². The summed E-state index contributed by atoms with van der Waals surface area (Å²) in [7, 11) is 0. The van der Waals surface area contributed by atoms with E-state index in [0.29, 0.717) is 24.6 Å². The zero-order valence-corrected chi connectivity index (χ0v) is 18.3. The number of hydrogen-bond acceptors (Lipinski definition) is 6. The van der Waals surface area contributed by atoms with Gasteiger partial charge in [-0.25, -0.2) is 13.9 Å². The fraction of sp³-hybridized carbons (Fsp3) is 0.409. The van der Waals surface area contributed by atoms with Gasteiger partial charge >= 0.3 is 11.8 Å². The molecule has 9 nitrogen and oxygen atoms in total. The van der Waals surface area contributed by atoms with E-state index >= 15 is 0 Å². The number of nitrogens with one attached hydrogen (secondary N) is 1. The highest BCUT2D eigenvalue weighted by atomic mass is 19.1. The number of alkyl halides is 1. The van der Waals surface area contributed by atoms with Crippen LogP contribution in [0.2, 0.25) is 0 Å². The predicted octanol–water partition coefficient (Wildman–Crippen LogP) is 3.56. The average molecular weight is 437 g/mol. The predicted molar refractivity (Wildman–Crippen MR) is 113 cm³/mol. The molecular formula is C22H24FN7O2. The summed E-state index contributed by atoms with van der Waals surface area (Å²) >= 11 is 0. The Morgan fingerprint density at radius 1 is 1.34 bits per heavy atom. The van der Waals surface area contributed by atoms with E-state index in [1.165, 1.54) is 13.8 Å². The second-order valence-corrected chi connectivity index (χ2v) is 8.82. The minimum Gasteiger partial charge on any atom is -0.413 e. The van der Waals surface area contributed by atoms with Crippen LogP contribution in [0.5, 0.6) is 0 Å². The summed E-state index contributed by atoms with van der Waals surface area (Å²) in [6, 6.07) is 5.50. The van der Waals surface area contributed by atoms with E-state index < -0.39 is 17.6 Å². The molecule has 32 heavy (non-hydrogen) atoms. The lowest BCUT2D eigenvalue weighted by Crippen LogP contribution is -2.41. The Morgan fingerprint density at radius 2 is 2.16 bits per heavy atom. The highest BCUT2D eigenvalue weighted by Crippen LogP contribution is 2.35. The van der Waals surface area contributed by atoms with Crippen molar-refractivity contribution in [2.75, 3.05) is 6.54 Å². The number of carbonyl (C=O) groups excluding carboxylic acids is 1. The number of aromatic amines is 1. The van der Waals surface area contributed by atoms with Crippen molar-refractivity contribution < 1.29 is 13.6 Å². The van der Waals surface area contributed by atoms with Crippen molar-refractivity contribution in [2.24, 2.45) is 0 Å². The molecule has 5 heterocycles. The fourth-order valence-electron chi connectivity index (χ4n) is 4.15. The molecule has 166 valence electrons. The van der Waals surface area contributed by atoms with Crippen LogP contribution in [0.15, 0.2) is 35.1 Å². The highest BCUT2D eigenvalue weighted by molar-refractivity contribution is 5.90. The number of hydrogen-bond donors (Lipinski definition) is 1. The number of H-pyrrole nitrogens is 1. The molecule has 4 aromatic heterocycles. The molecule has 1 N–H and O–H groups in total. The van der Waals surface area contributed by atoms with Crippen LogP contribution in [0.3, 0.4) is 0 Å². The molecule has 0 bridgehead atoms. The van der Waals surface area contributed by atoms with Gasteiger partial charge < -0.3 is 14.3 Å². The van der Waals surface area contributed by atoms with Gasteiger partial charge in [-0.05, 0) is 37.5 Å². The summed E-state index contributed by atoms with van der Waals surface area (Å²) in [5.41, 5.74) is 2.67. The van der Waals surface area contributed by atoms with Crippen LogP contribution >= 0.6 is 0 Å². The second kappa shape index (κ2) is 7.25. The molecule has 0 aromatic carbocycles. The standard InChI is InChI=1S/C22H24FN7O2/c1-12(2)13-6-5-8-30-16(13)10-15(28-30)18-17-14(24-11-25-17)7-9-29(18)20(31)19-26-27-21(32-19)22(3,4)23/h5-6,8,10-12,18H,7,9H2,1-4H3,(H,24,25)/t18-/m0/s1. The molecule has 0 spiro atoms. The number of carbonyl (C=O) groups is 1. The van der Waals surface area contributed by atoms with E-state index in [9.17, 15) is 9.18 Å². The van der Waals surface area contributed by atoms with Gasteiger partial charge in [0.1, 0.15) is 6.04 Å². The van der Waals surface area contributed by atoms with Crippen molar-refractivity contribution >= 4 is 11.4 Å². The Hall–Kier alpha value is -3.56. The zero-order chi connectivity index (χ0) is 22.6. The van der Waals surface area contributed by atoms with Crippen LogP contribution < -0.4 is 0 Å². The maximum atomic E-state index is 14.2. The Labute approximate surface area is 183 Å². The van der Waals surface area contributed by atoms with Gasteiger partial charge in [0.15, 0.2) is 5.67 Å². The van der Waals surface area contributed by atoms with Crippen molar-refractivity contribution in [3.8, 4) is 0 Å². The normalized spacial score (nSPS) is 16.7.